The first-order valence-electron chi connectivity index (χ1n) is 7.51. The van der Waals surface area contributed by atoms with Crippen LogP contribution < -0.4 is 5.32 Å². The van der Waals surface area contributed by atoms with Gasteiger partial charge in [-0.1, -0.05) is 13.8 Å². The van der Waals surface area contributed by atoms with Gasteiger partial charge in [-0.2, -0.15) is 17.7 Å². The van der Waals surface area contributed by atoms with Gasteiger partial charge in [0.2, 0.25) is 0 Å². The van der Waals surface area contributed by atoms with Crippen LogP contribution in [0.5, 0.6) is 0 Å². The van der Waals surface area contributed by atoms with E-state index in [1.165, 1.54) is 6.07 Å². The van der Waals surface area contributed by atoms with Crippen molar-refractivity contribution in [1.29, 1.82) is 0 Å². The van der Waals surface area contributed by atoms with Crippen LogP contribution in [-0.2, 0) is 10.9 Å². The van der Waals surface area contributed by atoms with Crippen molar-refractivity contribution in [2.45, 2.75) is 32.5 Å². The minimum Gasteiger partial charge on any atom is -0.378 e. The van der Waals surface area contributed by atoms with Crippen LogP contribution in [0.2, 0.25) is 0 Å². The highest BCUT2D eigenvalue weighted by Gasteiger charge is 2.37. The summed E-state index contributed by atoms with van der Waals surface area (Å²) in [6.07, 6.45) is -3.50. The summed E-state index contributed by atoms with van der Waals surface area (Å²) >= 11 is 0. The molecule has 3 rings (SSSR count). The SMILES string of the molecule is CC(C)C1OCCC1CNc1ccc2nnc(C(F)(F)F)n2n1. The maximum atomic E-state index is 12.9. The van der Waals surface area contributed by atoms with Crippen molar-refractivity contribution >= 4 is 11.5 Å². The topological polar surface area (TPSA) is 64.3 Å². The average Bonchev–Trinajstić information content (AvgIpc) is 3.10. The first kappa shape index (κ1) is 16.0. The number of halogens is 3. The third-order valence-corrected chi connectivity index (χ3v) is 3.98. The summed E-state index contributed by atoms with van der Waals surface area (Å²) in [5, 5.41) is 13.7. The Hall–Kier alpha value is -1.90. The van der Waals surface area contributed by atoms with Crippen molar-refractivity contribution in [3.8, 4) is 0 Å². The largest absolute Gasteiger partial charge is 0.453 e. The molecule has 0 amide bonds. The smallest absolute Gasteiger partial charge is 0.378 e. The molecule has 3 heterocycles. The lowest BCUT2D eigenvalue weighted by atomic mass is 9.93. The lowest BCUT2D eigenvalue weighted by Gasteiger charge is -2.22. The number of hydrogen-bond donors (Lipinski definition) is 1. The van der Waals surface area contributed by atoms with Gasteiger partial charge >= 0.3 is 6.18 Å². The molecule has 0 aliphatic carbocycles. The third-order valence-electron chi connectivity index (χ3n) is 3.98. The van der Waals surface area contributed by atoms with E-state index < -0.39 is 12.0 Å². The molecule has 1 fully saturated rings. The summed E-state index contributed by atoms with van der Waals surface area (Å²) in [5.74, 6) is -0.0532. The second-order valence-electron chi connectivity index (χ2n) is 6.02. The summed E-state index contributed by atoms with van der Waals surface area (Å²) in [6, 6.07) is 3.06. The summed E-state index contributed by atoms with van der Waals surface area (Å²) in [6.45, 7) is 5.51. The first-order valence-corrected chi connectivity index (χ1v) is 7.51. The van der Waals surface area contributed by atoms with Crippen molar-refractivity contribution < 1.29 is 17.9 Å². The minimum atomic E-state index is -4.59. The zero-order chi connectivity index (χ0) is 16.6. The summed E-state index contributed by atoms with van der Waals surface area (Å²) in [7, 11) is 0. The number of aromatic nitrogens is 4. The standard InChI is InChI=1S/C14H18F3N5O/c1-8(2)12-9(5-6-23-12)7-18-10-3-4-11-19-20-13(14(15,16)17)22(11)21-10/h3-4,8-9,12H,5-7H2,1-2H3,(H,18,21). The number of alkyl halides is 3. The molecule has 2 aromatic rings. The van der Waals surface area contributed by atoms with Gasteiger partial charge in [0.1, 0.15) is 5.82 Å². The van der Waals surface area contributed by atoms with Crippen molar-refractivity contribution in [3.05, 3.63) is 18.0 Å². The Bertz CT molecular complexity index is 685. The summed E-state index contributed by atoms with van der Waals surface area (Å²) in [4.78, 5) is 0. The zero-order valence-electron chi connectivity index (χ0n) is 12.8. The van der Waals surface area contributed by atoms with E-state index in [4.69, 9.17) is 4.74 Å². The van der Waals surface area contributed by atoms with Crippen molar-refractivity contribution in [2.24, 2.45) is 11.8 Å². The number of nitrogens with zero attached hydrogens (tertiary/aromatic N) is 4. The highest BCUT2D eigenvalue weighted by atomic mass is 19.4. The second kappa shape index (κ2) is 5.95. The van der Waals surface area contributed by atoms with Crippen LogP contribution in [0.3, 0.4) is 0 Å². The Morgan fingerprint density at radius 2 is 2.13 bits per heavy atom. The van der Waals surface area contributed by atoms with Crippen LogP contribution in [0.15, 0.2) is 12.1 Å². The van der Waals surface area contributed by atoms with E-state index in [1.54, 1.807) is 6.07 Å². The van der Waals surface area contributed by atoms with Gasteiger partial charge in [0.25, 0.3) is 5.82 Å². The fourth-order valence-electron chi connectivity index (χ4n) is 2.91. The van der Waals surface area contributed by atoms with Crippen molar-refractivity contribution in [3.63, 3.8) is 0 Å². The predicted molar refractivity (Wildman–Crippen MR) is 77.0 cm³/mol. The normalized spacial score (nSPS) is 22.2. The number of anilines is 1. The minimum absolute atomic E-state index is 0.0622. The van der Waals surface area contributed by atoms with Gasteiger partial charge in [-0.25, -0.2) is 0 Å². The molecule has 2 aromatic heterocycles. The van der Waals surface area contributed by atoms with Crippen LogP contribution in [0.25, 0.3) is 5.65 Å². The lowest BCUT2D eigenvalue weighted by Crippen LogP contribution is -2.28. The monoisotopic (exact) mass is 329 g/mol. The van der Waals surface area contributed by atoms with Gasteiger partial charge in [-0.15, -0.1) is 15.3 Å². The Balaban J connectivity index is 1.76. The molecule has 9 heteroatoms. The van der Waals surface area contributed by atoms with Gasteiger partial charge in [-0.3, -0.25) is 0 Å². The van der Waals surface area contributed by atoms with Gasteiger partial charge in [-0.05, 0) is 24.5 Å². The number of rotatable bonds is 4. The molecule has 23 heavy (non-hydrogen) atoms. The van der Waals surface area contributed by atoms with Crippen molar-refractivity contribution in [1.82, 2.24) is 19.8 Å². The summed E-state index contributed by atoms with van der Waals surface area (Å²) in [5.41, 5.74) is 0.0622. The van der Waals surface area contributed by atoms with E-state index >= 15 is 0 Å². The molecule has 0 saturated carbocycles. The highest BCUT2D eigenvalue weighted by Crippen LogP contribution is 2.28. The van der Waals surface area contributed by atoms with Gasteiger partial charge in [0.05, 0.1) is 6.10 Å². The molecule has 1 saturated heterocycles. The molecule has 2 atom stereocenters. The molecule has 0 radical (unpaired) electrons. The van der Waals surface area contributed by atoms with E-state index in [9.17, 15) is 13.2 Å². The van der Waals surface area contributed by atoms with Gasteiger partial charge in [0.15, 0.2) is 5.65 Å². The second-order valence-corrected chi connectivity index (χ2v) is 6.02. The molecular weight excluding hydrogens is 311 g/mol. The predicted octanol–water partition coefficient (Wildman–Crippen LogP) is 2.62. The molecule has 0 bridgehead atoms. The van der Waals surface area contributed by atoms with E-state index in [0.29, 0.717) is 35.3 Å². The zero-order valence-corrected chi connectivity index (χ0v) is 12.8. The third kappa shape index (κ3) is 3.24. The maximum absolute atomic E-state index is 12.9. The molecule has 6 nitrogen and oxygen atoms in total. The van der Waals surface area contributed by atoms with Gasteiger partial charge < -0.3 is 10.1 Å². The number of nitrogens with one attached hydrogen (secondary N) is 1. The van der Waals surface area contributed by atoms with Crippen LogP contribution in [0.1, 0.15) is 26.1 Å². The van der Waals surface area contributed by atoms with Crippen LogP contribution >= 0.6 is 0 Å². The molecule has 0 spiro atoms. The highest BCUT2D eigenvalue weighted by molar-refractivity contribution is 5.44. The van der Waals surface area contributed by atoms with Crippen LogP contribution in [-0.4, -0.2) is 39.1 Å². The van der Waals surface area contributed by atoms with E-state index in [1.807, 2.05) is 0 Å². The fourth-order valence-corrected chi connectivity index (χ4v) is 2.91. The van der Waals surface area contributed by atoms with E-state index in [0.717, 1.165) is 6.42 Å². The molecule has 1 N–H and O–H groups in total. The fraction of sp³-hybridized carbons (Fsp3) is 0.643. The Morgan fingerprint density at radius 1 is 1.35 bits per heavy atom. The Labute approximate surface area is 131 Å². The average molecular weight is 329 g/mol. The summed E-state index contributed by atoms with van der Waals surface area (Å²) < 4.78 is 45.0. The van der Waals surface area contributed by atoms with Crippen LogP contribution in [0.4, 0.5) is 19.0 Å². The van der Waals surface area contributed by atoms with Crippen LogP contribution in [0, 0.1) is 11.8 Å². The molecular formula is C14H18F3N5O. The number of ether oxygens (including phenoxy) is 1. The number of hydrogen-bond acceptors (Lipinski definition) is 5. The Kier molecular flexibility index (Phi) is 4.13. The molecule has 1 aliphatic heterocycles. The Morgan fingerprint density at radius 3 is 2.83 bits per heavy atom. The van der Waals surface area contributed by atoms with E-state index in [2.05, 4.69) is 34.5 Å². The molecule has 2 unspecified atom stereocenters. The first-order chi connectivity index (χ1) is 10.9. The van der Waals surface area contributed by atoms with Crippen molar-refractivity contribution in [2.75, 3.05) is 18.5 Å². The lowest BCUT2D eigenvalue weighted by molar-refractivity contribution is -0.146. The molecule has 126 valence electrons. The number of fused-ring (bicyclic) bond motifs is 1. The van der Waals surface area contributed by atoms with E-state index in [-0.39, 0.29) is 11.8 Å². The molecule has 1 aliphatic rings. The van der Waals surface area contributed by atoms with Gasteiger partial charge in [0, 0.05) is 19.1 Å². The quantitative estimate of drug-likeness (QED) is 0.934. The maximum Gasteiger partial charge on any atom is 0.453 e. The molecule has 0 aromatic carbocycles.